The molecule has 0 saturated carbocycles. The van der Waals surface area contributed by atoms with Crippen LogP contribution in [0.4, 0.5) is 0 Å². The van der Waals surface area contributed by atoms with Gasteiger partial charge in [0.2, 0.25) is 0 Å². The van der Waals surface area contributed by atoms with Crippen molar-refractivity contribution in [3.63, 3.8) is 0 Å². The van der Waals surface area contributed by atoms with E-state index < -0.39 is 0 Å². The number of rotatable bonds is 8. The predicted octanol–water partition coefficient (Wildman–Crippen LogP) is 2.57. The van der Waals surface area contributed by atoms with Gasteiger partial charge in [-0.1, -0.05) is 20.8 Å². The Labute approximate surface area is 109 Å². The summed E-state index contributed by atoms with van der Waals surface area (Å²) in [6, 6.07) is 0.528. The second-order valence-electron chi connectivity index (χ2n) is 4.47. The fourth-order valence-electron chi connectivity index (χ4n) is 1.83. The smallest absolute Gasteiger partial charge is 0.110 e. The first-order chi connectivity index (χ1) is 8.17. The highest BCUT2D eigenvalue weighted by atomic mass is 32.2. The van der Waals surface area contributed by atoms with E-state index in [0.717, 1.165) is 25.3 Å². The second-order valence-corrected chi connectivity index (χ2v) is 6.08. The van der Waals surface area contributed by atoms with Crippen molar-refractivity contribution in [2.24, 2.45) is 0 Å². The summed E-state index contributed by atoms with van der Waals surface area (Å²) >= 11 is 2.02. The van der Waals surface area contributed by atoms with Crippen LogP contribution < -0.4 is 5.32 Å². The van der Waals surface area contributed by atoms with E-state index in [4.69, 9.17) is 0 Å². The molecule has 17 heavy (non-hydrogen) atoms. The first-order valence-corrected chi connectivity index (χ1v) is 7.57. The van der Waals surface area contributed by atoms with Gasteiger partial charge in [-0.3, -0.25) is 0 Å². The van der Waals surface area contributed by atoms with Gasteiger partial charge in [-0.25, -0.2) is 4.98 Å². The van der Waals surface area contributed by atoms with Crippen LogP contribution >= 0.6 is 11.8 Å². The zero-order valence-electron chi connectivity index (χ0n) is 11.4. The second kappa shape index (κ2) is 7.77. The SMILES string of the molecule is CCNC(CSC(C)C)Cc1nccn1CC. The molecule has 1 unspecified atom stereocenters. The molecular formula is C13H25N3S. The summed E-state index contributed by atoms with van der Waals surface area (Å²) in [6.07, 6.45) is 4.99. The number of aryl methyl sites for hydroxylation is 1. The van der Waals surface area contributed by atoms with Gasteiger partial charge in [-0.15, -0.1) is 0 Å². The summed E-state index contributed by atoms with van der Waals surface area (Å²) in [7, 11) is 0. The standard InChI is InChI=1S/C13H25N3S/c1-5-14-12(10-17-11(3)4)9-13-15-7-8-16(13)6-2/h7-8,11-12,14H,5-6,9-10H2,1-4H3. The lowest BCUT2D eigenvalue weighted by Gasteiger charge is -2.18. The van der Waals surface area contributed by atoms with Gasteiger partial charge in [0.15, 0.2) is 0 Å². The van der Waals surface area contributed by atoms with Crippen molar-refractivity contribution in [2.45, 2.75) is 52.0 Å². The maximum atomic E-state index is 4.45. The Morgan fingerprint density at radius 2 is 2.18 bits per heavy atom. The monoisotopic (exact) mass is 255 g/mol. The number of hydrogen-bond acceptors (Lipinski definition) is 3. The Morgan fingerprint density at radius 1 is 1.41 bits per heavy atom. The van der Waals surface area contributed by atoms with Crippen molar-refractivity contribution < 1.29 is 0 Å². The van der Waals surface area contributed by atoms with Crippen LogP contribution in [0.25, 0.3) is 0 Å². The molecule has 98 valence electrons. The number of aromatic nitrogens is 2. The van der Waals surface area contributed by atoms with Crippen molar-refractivity contribution in [1.82, 2.24) is 14.9 Å². The number of nitrogens with zero attached hydrogens (tertiary/aromatic N) is 2. The van der Waals surface area contributed by atoms with Gasteiger partial charge in [0, 0.05) is 37.2 Å². The largest absolute Gasteiger partial charge is 0.335 e. The van der Waals surface area contributed by atoms with E-state index in [1.165, 1.54) is 5.82 Å². The molecule has 1 aromatic rings. The number of likely N-dealkylation sites (N-methyl/N-ethyl adjacent to an activating group) is 1. The summed E-state index contributed by atoms with van der Waals surface area (Å²) in [4.78, 5) is 4.45. The number of thioether (sulfide) groups is 1. The molecule has 0 aliphatic carbocycles. The lowest BCUT2D eigenvalue weighted by Crippen LogP contribution is -2.34. The van der Waals surface area contributed by atoms with Crippen molar-refractivity contribution >= 4 is 11.8 Å². The third kappa shape index (κ3) is 5.13. The quantitative estimate of drug-likeness (QED) is 0.774. The van der Waals surface area contributed by atoms with E-state index in [1.54, 1.807) is 0 Å². The third-order valence-corrected chi connectivity index (χ3v) is 3.96. The normalized spacial score (nSPS) is 13.2. The molecule has 1 atom stereocenters. The van der Waals surface area contributed by atoms with Gasteiger partial charge >= 0.3 is 0 Å². The van der Waals surface area contributed by atoms with Crippen molar-refractivity contribution in [2.75, 3.05) is 12.3 Å². The van der Waals surface area contributed by atoms with E-state index in [2.05, 4.69) is 48.8 Å². The van der Waals surface area contributed by atoms with Crippen molar-refractivity contribution in [1.29, 1.82) is 0 Å². The van der Waals surface area contributed by atoms with Gasteiger partial charge in [0.25, 0.3) is 0 Å². The van der Waals surface area contributed by atoms with Crippen LogP contribution in [-0.4, -0.2) is 33.1 Å². The topological polar surface area (TPSA) is 29.9 Å². The summed E-state index contributed by atoms with van der Waals surface area (Å²) in [5, 5.41) is 4.25. The molecule has 0 aliphatic rings. The molecular weight excluding hydrogens is 230 g/mol. The average molecular weight is 255 g/mol. The van der Waals surface area contributed by atoms with Crippen LogP contribution in [0.3, 0.4) is 0 Å². The van der Waals surface area contributed by atoms with E-state index in [9.17, 15) is 0 Å². The molecule has 1 heterocycles. The van der Waals surface area contributed by atoms with Crippen LogP contribution in [0.5, 0.6) is 0 Å². The Hall–Kier alpha value is -0.480. The summed E-state index contributed by atoms with van der Waals surface area (Å²) in [5.74, 6) is 2.35. The van der Waals surface area contributed by atoms with Gasteiger partial charge < -0.3 is 9.88 Å². The van der Waals surface area contributed by atoms with Crippen LogP contribution in [0.2, 0.25) is 0 Å². The fraction of sp³-hybridized carbons (Fsp3) is 0.769. The summed E-state index contributed by atoms with van der Waals surface area (Å²) in [5.41, 5.74) is 0. The number of nitrogens with one attached hydrogen (secondary N) is 1. The molecule has 1 N–H and O–H groups in total. The van der Waals surface area contributed by atoms with Gasteiger partial charge in [0.1, 0.15) is 5.82 Å². The molecule has 0 amide bonds. The third-order valence-electron chi connectivity index (χ3n) is 2.69. The molecule has 0 aliphatic heterocycles. The first kappa shape index (κ1) is 14.6. The lowest BCUT2D eigenvalue weighted by atomic mass is 10.2. The van der Waals surface area contributed by atoms with Gasteiger partial charge in [-0.2, -0.15) is 11.8 Å². The number of hydrogen-bond donors (Lipinski definition) is 1. The highest BCUT2D eigenvalue weighted by molar-refractivity contribution is 7.99. The van der Waals surface area contributed by atoms with Gasteiger partial charge in [0.05, 0.1) is 0 Å². The van der Waals surface area contributed by atoms with E-state index >= 15 is 0 Å². The van der Waals surface area contributed by atoms with Crippen molar-refractivity contribution in [3.05, 3.63) is 18.2 Å². The predicted molar refractivity (Wildman–Crippen MR) is 76.7 cm³/mol. The van der Waals surface area contributed by atoms with Crippen LogP contribution in [0.1, 0.15) is 33.5 Å². The Bertz CT molecular complexity index is 309. The molecule has 4 heteroatoms. The molecule has 0 saturated heterocycles. The zero-order valence-corrected chi connectivity index (χ0v) is 12.3. The lowest BCUT2D eigenvalue weighted by molar-refractivity contribution is 0.542. The summed E-state index contributed by atoms with van der Waals surface area (Å²) < 4.78 is 2.23. The maximum Gasteiger partial charge on any atom is 0.110 e. The Morgan fingerprint density at radius 3 is 2.76 bits per heavy atom. The highest BCUT2D eigenvalue weighted by Crippen LogP contribution is 2.13. The number of imidazole rings is 1. The van der Waals surface area contributed by atoms with E-state index in [1.807, 2.05) is 18.0 Å². The molecule has 1 rings (SSSR count). The minimum Gasteiger partial charge on any atom is -0.335 e. The zero-order chi connectivity index (χ0) is 12.7. The van der Waals surface area contributed by atoms with Gasteiger partial charge in [-0.05, 0) is 18.7 Å². The van der Waals surface area contributed by atoms with Crippen LogP contribution in [-0.2, 0) is 13.0 Å². The van der Waals surface area contributed by atoms with E-state index in [0.29, 0.717) is 11.3 Å². The first-order valence-electron chi connectivity index (χ1n) is 6.52. The minimum absolute atomic E-state index is 0.528. The summed E-state index contributed by atoms with van der Waals surface area (Å²) in [6.45, 7) is 10.9. The van der Waals surface area contributed by atoms with Crippen molar-refractivity contribution in [3.8, 4) is 0 Å². The Balaban J connectivity index is 2.53. The molecule has 0 radical (unpaired) electrons. The highest BCUT2D eigenvalue weighted by Gasteiger charge is 2.12. The molecule has 1 aromatic heterocycles. The fourth-order valence-corrected chi connectivity index (χ4v) is 2.68. The molecule has 0 aromatic carbocycles. The molecule has 0 fully saturated rings. The molecule has 0 spiro atoms. The Kier molecular flexibility index (Phi) is 6.66. The van der Waals surface area contributed by atoms with Crippen LogP contribution in [0, 0.1) is 0 Å². The minimum atomic E-state index is 0.528. The molecule has 3 nitrogen and oxygen atoms in total. The van der Waals surface area contributed by atoms with Crippen LogP contribution in [0.15, 0.2) is 12.4 Å². The average Bonchev–Trinajstić information content (AvgIpc) is 2.73. The molecule has 0 bridgehead atoms. The van der Waals surface area contributed by atoms with E-state index in [-0.39, 0.29) is 0 Å². The maximum absolute atomic E-state index is 4.45.